The number of thiophene rings is 1. The molecule has 0 unspecified atom stereocenters. The summed E-state index contributed by atoms with van der Waals surface area (Å²) in [5.74, 6) is 0.149. The lowest BCUT2D eigenvalue weighted by Crippen LogP contribution is -2.10. The first-order valence-corrected chi connectivity index (χ1v) is 8.10. The number of primary amides is 1. The second-order valence-electron chi connectivity index (χ2n) is 4.97. The van der Waals surface area contributed by atoms with Gasteiger partial charge in [0.1, 0.15) is 9.71 Å². The predicted octanol–water partition coefficient (Wildman–Crippen LogP) is 3.77. The van der Waals surface area contributed by atoms with Crippen LogP contribution in [-0.4, -0.2) is 21.0 Å². The lowest BCUT2D eigenvalue weighted by Gasteiger charge is -1.97. The van der Waals surface area contributed by atoms with E-state index in [-0.39, 0.29) is 0 Å². The number of halogens is 1. The van der Waals surface area contributed by atoms with Crippen molar-refractivity contribution >= 4 is 39.1 Å². The van der Waals surface area contributed by atoms with Crippen LogP contribution in [0, 0.1) is 0 Å². The fourth-order valence-corrected chi connectivity index (χ4v) is 3.65. The molecule has 118 valence electrons. The van der Waals surface area contributed by atoms with Crippen LogP contribution in [0.15, 0.2) is 47.1 Å². The van der Waals surface area contributed by atoms with E-state index in [4.69, 9.17) is 21.9 Å². The van der Waals surface area contributed by atoms with E-state index in [0.29, 0.717) is 32.7 Å². The number of aromatic nitrogens is 3. The Hall–Kier alpha value is -2.77. The highest BCUT2D eigenvalue weighted by atomic mass is 35.5. The molecule has 0 fully saturated rings. The second-order valence-corrected chi connectivity index (χ2v) is 6.35. The number of carbonyl (C=O) groups excluding carboxylic acids is 1. The van der Waals surface area contributed by atoms with Gasteiger partial charge in [0.2, 0.25) is 11.7 Å². The third kappa shape index (κ3) is 2.44. The molecule has 0 saturated carbocycles. The number of benzene rings is 1. The highest BCUT2D eigenvalue weighted by molar-refractivity contribution is 7.22. The van der Waals surface area contributed by atoms with Crippen LogP contribution in [0.1, 0.15) is 10.4 Å². The van der Waals surface area contributed by atoms with E-state index in [1.807, 2.05) is 12.1 Å². The Balaban J connectivity index is 1.78. The van der Waals surface area contributed by atoms with Crippen LogP contribution in [0.2, 0.25) is 5.02 Å². The van der Waals surface area contributed by atoms with Crippen molar-refractivity contribution in [3.63, 3.8) is 0 Å². The van der Waals surface area contributed by atoms with Crippen molar-refractivity contribution in [1.82, 2.24) is 15.1 Å². The molecule has 8 heteroatoms. The number of amides is 1. The summed E-state index contributed by atoms with van der Waals surface area (Å²) in [7, 11) is 0. The van der Waals surface area contributed by atoms with Crippen molar-refractivity contribution in [1.29, 1.82) is 0 Å². The zero-order valence-electron chi connectivity index (χ0n) is 12.1. The zero-order valence-corrected chi connectivity index (χ0v) is 13.6. The molecule has 1 amide bonds. The third-order valence-corrected chi connectivity index (χ3v) is 5.04. The molecule has 24 heavy (non-hydrogen) atoms. The second kappa shape index (κ2) is 5.70. The highest BCUT2D eigenvalue weighted by Gasteiger charge is 2.19. The van der Waals surface area contributed by atoms with Gasteiger partial charge in [-0.2, -0.15) is 4.98 Å². The SMILES string of the molecule is NC(=O)c1cccc(-c2noc(-c3sc4ncccc4c3Cl)n2)c1. The molecule has 1 aromatic carbocycles. The number of pyridine rings is 1. The van der Waals surface area contributed by atoms with Gasteiger partial charge in [-0.3, -0.25) is 4.79 Å². The number of nitrogens with zero attached hydrogens (tertiary/aromatic N) is 3. The van der Waals surface area contributed by atoms with E-state index in [0.717, 1.165) is 10.2 Å². The average molecular weight is 357 g/mol. The summed E-state index contributed by atoms with van der Waals surface area (Å²) < 4.78 is 5.34. The third-order valence-electron chi connectivity index (χ3n) is 3.43. The van der Waals surface area contributed by atoms with Crippen molar-refractivity contribution in [3.05, 3.63) is 53.2 Å². The summed E-state index contributed by atoms with van der Waals surface area (Å²) in [6, 6.07) is 10.4. The normalized spacial score (nSPS) is 11.0. The molecular weight excluding hydrogens is 348 g/mol. The Morgan fingerprint density at radius 1 is 1.25 bits per heavy atom. The smallest absolute Gasteiger partial charge is 0.269 e. The number of carbonyl (C=O) groups is 1. The van der Waals surface area contributed by atoms with Gasteiger partial charge >= 0.3 is 0 Å². The molecule has 0 radical (unpaired) electrons. The molecule has 3 aromatic heterocycles. The zero-order chi connectivity index (χ0) is 16.7. The molecule has 0 aliphatic carbocycles. The molecule has 2 N–H and O–H groups in total. The molecule has 0 spiro atoms. The predicted molar refractivity (Wildman–Crippen MR) is 91.9 cm³/mol. The van der Waals surface area contributed by atoms with Crippen molar-refractivity contribution in [3.8, 4) is 22.2 Å². The van der Waals surface area contributed by atoms with Crippen molar-refractivity contribution in [2.45, 2.75) is 0 Å². The van der Waals surface area contributed by atoms with Crippen LogP contribution in [0.25, 0.3) is 32.4 Å². The van der Waals surface area contributed by atoms with Crippen molar-refractivity contribution < 1.29 is 9.32 Å². The average Bonchev–Trinajstić information content (AvgIpc) is 3.20. The molecule has 6 nitrogen and oxygen atoms in total. The van der Waals surface area contributed by atoms with Gasteiger partial charge in [0.05, 0.1) is 5.02 Å². The van der Waals surface area contributed by atoms with Crippen LogP contribution in [-0.2, 0) is 0 Å². The number of fused-ring (bicyclic) bond motifs is 1. The molecule has 4 rings (SSSR count). The van der Waals surface area contributed by atoms with Crippen LogP contribution in [0.5, 0.6) is 0 Å². The van der Waals surface area contributed by atoms with Gasteiger partial charge < -0.3 is 10.3 Å². The van der Waals surface area contributed by atoms with E-state index >= 15 is 0 Å². The van der Waals surface area contributed by atoms with Crippen LogP contribution >= 0.6 is 22.9 Å². The fraction of sp³-hybridized carbons (Fsp3) is 0. The molecule has 4 aromatic rings. The number of hydrogen-bond acceptors (Lipinski definition) is 6. The number of rotatable bonds is 3. The monoisotopic (exact) mass is 356 g/mol. The Kier molecular flexibility index (Phi) is 3.51. The summed E-state index contributed by atoms with van der Waals surface area (Å²) in [5.41, 5.74) is 6.31. The van der Waals surface area contributed by atoms with Gasteiger partial charge in [0.15, 0.2) is 0 Å². The van der Waals surface area contributed by atoms with E-state index < -0.39 is 5.91 Å². The Morgan fingerprint density at radius 3 is 2.92 bits per heavy atom. The lowest BCUT2D eigenvalue weighted by atomic mass is 10.1. The minimum absolute atomic E-state index is 0.308. The summed E-state index contributed by atoms with van der Waals surface area (Å²) in [6.07, 6.45) is 1.70. The first-order valence-electron chi connectivity index (χ1n) is 6.91. The minimum Gasteiger partial charge on any atom is -0.366 e. The van der Waals surface area contributed by atoms with Crippen molar-refractivity contribution in [2.75, 3.05) is 0 Å². The maximum Gasteiger partial charge on any atom is 0.269 e. The summed E-state index contributed by atoms with van der Waals surface area (Å²) in [6.45, 7) is 0. The maximum atomic E-state index is 11.3. The summed E-state index contributed by atoms with van der Waals surface area (Å²) in [5, 5.41) is 5.34. The standard InChI is InChI=1S/C16H9ClN4O2S/c17-11-10-5-2-6-19-16(10)24-12(11)15-20-14(21-23-15)9-4-1-3-8(7-9)13(18)22/h1-7H,(H2,18,22). The van der Waals surface area contributed by atoms with E-state index in [1.165, 1.54) is 11.3 Å². The molecule has 0 aliphatic rings. The fourth-order valence-electron chi connectivity index (χ4n) is 2.29. The molecule has 3 heterocycles. The van der Waals surface area contributed by atoms with Crippen LogP contribution < -0.4 is 5.73 Å². The molecular formula is C16H9ClN4O2S. The molecule has 0 atom stereocenters. The number of hydrogen-bond donors (Lipinski definition) is 1. The van der Waals surface area contributed by atoms with Gasteiger partial charge in [0, 0.05) is 22.7 Å². The van der Waals surface area contributed by atoms with E-state index in [2.05, 4.69) is 15.1 Å². The van der Waals surface area contributed by atoms with Gasteiger partial charge in [-0.15, -0.1) is 11.3 Å². The maximum absolute atomic E-state index is 11.3. The Bertz CT molecular complexity index is 1070. The lowest BCUT2D eigenvalue weighted by molar-refractivity contribution is 0.100. The quantitative estimate of drug-likeness (QED) is 0.603. The largest absolute Gasteiger partial charge is 0.366 e. The number of nitrogens with two attached hydrogens (primary N) is 1. The van der Waals surface area contributed by atoms with Gasteiger partial charge in [-0.1, -0.05) is 28.9 Å². The molecule has 0 bridgehead atoms. The molecule has 0 saturated heterocycles. The van der Waals surface area contributed by atoms with Gasteiger partial charge in [0.25, 0.3) is 5.89 Å². The Labute approximate surface area is 144 Å². The van der Waals surface area contributed by atoms with E-state index in [9.17, 15) is 4.79 Å². The molecule has 0 aliphatic heterocycles. The van der Waals surface area contributed by atoms with Crippen LogP contribution in [0.4, 0.5) is 0 Å². The Morgan fingerprint density at radius 2 is 2.12 bits per heavy atom. The summed E-state index contributed by atoms with van der Waals surface area (Å²) >= 11 is 7.78. The van der Waals surface area contributed by atoms with Crippen molar-refractivity contribution in [2.24, 2.45) is 5.73 Å². The minimum atomic E-state index is -0.515. The first-order chi connectivity index (χ1) is 11.6. The van der Waals surface area contributed by atoms with E-state index in [1.54, 1.807) is 30.5 Å². The topological polar surface area (TPSA) is 94.9 Å². The van der Waals surface area contributed by atoms with Gasteiger partial charge in [-0.25, -0.2) is 4.98 Å². The van der Waals surface area contributed by atoms with Gasteiger partial charge in [-0.05, 0) is 24.3 Å². The highest BCUT2D eigenvalue weighted by Crippen LogP contribution is 2.40. The van der Waals surface area contributed by atoms with Crippen LogP contribution in [0.3, 0.4) is 0 Å². The summed E-state index contributed by atoms with van der Waals surface area (Å²) in [4.78, 5) is 21.4. The first kappa shape index (κ1) is 14.8.